The van der Waals surface area contributed by atoms with Crippen molar-refractivity contribution in [3.63, 3.8) is 0 Å². The van der Waals surface area contributed by atoms with Gasteiger partial charge in [0.25, 0.3) is 0 Å². The number of hydrogen-bond acceptors (Lipinski definition) is 5. The van der Waals surface area contributed by atoms with Crippen LogP contribution in [0.25, 0.3) is 0 Å². The van der Waals surface area contributed by atoms with Gasteiger partial charge in [-0.1, -0.05) is 0 Å². The third-order valence-electron chi connectivity index (χ3n) is 4.73. The zero-order valence-corrected chi connectivity index (χ0v) is 16.1. The lowest BCUT2D eigenvalue weighted by atomic mass is 10.00. The average Bonchev–Trinajstić information content (AvgIpc) is 2.99. The summed E-state index contributed by atoms with van der Waals surface area (Å²) in [6.45, 7) is 5.33. The van der Waals surface area contributed by atoms with E-state index in [0.29, 0.717) is 29.6 Å². The van der Waals surface area contributed by atoms with Crippen molar-refractivity contribution >= 4 is 33.8 Å². The molecule has 1 saturated heterocycles. The van der Waals surface area contributed by atoms with Crippen LogP contribution in [0.1, 0.15) is 44.0 Å². The number of carbonyl (C=O) groups excluding carboxylic acids is 2. The van der Waals surface area contributed by atoms with Gasteiger partial charge in [0.05, 0.1) is 6.54 Å². The number of likely N-dealkylation sites (tertiary alicyclic amines) is 1. The minimum absolute atomic E-state index is 0.331. The number of aromatic nitrogens is 1. The molecule has 8 heteroatoms. The molecule has 1 unspecified atom stereocenters. The molecule has 0 aromatic carbocycles. The van der Waals surface area contributed by atoms with E-state index in [0.717, 1.165) is 0 Å². The zero-order chi connectivity index (χ0) is 18.8. The highest BCUT2D eigenvalue weighted by Crippen LogP contribution is 2.37. The molecule has 1 aromatic rings. The van der Waals surface area contributed by atoms with Crippen LogP contribution >= 0.6 is 15.9 Å². The minimum Gasteiger partial charge on any atom is -0.453 e. The average molecular weight is 414 g/mol. The van der Waals surface area contributed by atoms with Gasteiger partial charge in [0.15, 0.2) is 12.6 Å². The van der Waals surface area contributed by atoms with Crippen molar-refractivity contribution in [2.24, 2.45) is 0 Å². The van der Waals surface area contributed by atoms with E-state index < -0.39 is 30.3 Å². The number of ether oxygens (including phenoxy) is 1. The molecule has 136 valence electrons. The van der Waals surface area contributed by atoms with Crippen molar-refractivity contribution in [3.05, 3.63) is 28.5 Å². The van der Waals surface area contributed by atoms with Crippen molar-refractivity contribution in [1.82, 2.24) is 4.98 Å². The van der Waals surface area contributed by atoms with Crippen molar-refractivity contribution < 1.29 is 28.7 Å². The van der Waals surface area contributed by atoms with Crippen LogP contribution in [-0.2, 0) is 9.53 Å². The predicted octanol–water partition coefficient (Wildman–Crippen LogP) is 3.03. The van der Waals surface area contributed by atoms with E-state index in [2.05, 4.69) is 20.9 Å². The van der Waals surface area contributed by atoms with E-state index in [1.165, 1.54) is 6.20 Å². The van der Waals surface area contributed by atoms with Crippen LogP contribution in [0, 0.1) is 0 Å². The molecule has 1 amide bonds. The second kappa shape index (κ2) is 7.21. The maximum atomic E-state index is 12.5. The molecule has 7 nitrogen and oxygen atoms in total. The van der Waals surface area contributed by atoms with E-state index >= 15 is 0 Å². The molecule has 1 aromatic heterocycles. The summed E-state index contributed by atoms with van der Waals surface area (Å²) < 4.78 is 5.39. The number of carboxylic acid groups (broad SMARTS) is 1. The summed E-state index contributed by atoms with van der Waals surface area (Å²) in [5.41, 5.74) is -0.330. The monoisotopic (exact) mass is 413 g/mol. The number of rotatable bonds is 4. The van der Waals surface area contributed by atoms with Gasteiger partial charge in [-0.05, 0) is 48.8 Å². The molecule has 0 saturated carbocycles. The Kier molecular flexibility index (Phi) is 5.63. The van der Waals surface area contributed by atoms with Gasteiger partial charge in [0.1, 0.15) is 10.1 Å². The number of halogens is 1. The van der Waals surface area contributed by atoms with Gasteiger partial charge in [-0.2, -0.15) is 4.79 Å². The summed E-state index contributed by atoms with van der Waals surface area (Å²) in [5, 5.41) is 9.78. The molecule has 1 N–H and O–H groups in total. The van der Waals surface area contributed by atoms with Crippen LogP contribution in [0.15, 0.2) is 22.9 Å². The maximum Gasteiger partial charge on any atom is 0.514 e. The SMILES string of the molecule is CC(C)(C)[N+]1(C(=O)O)CCC[C@H]1C(=O)OCC(=O)c1ccc(Br)nc1. The Morgan fingerprint density at radius 2 is 2.04 bits per heavy atom. The first-order valence-corrected chi connectivity index (χ1v) is 8.81. The number of carbonyl (C=O) groups is 3. The first kappa shape index (κ1) is 19.5. The van der Waals surface area contributed by atoms with Gasteiger partial charge in [0, 0.05) is 24.6 Å². The van der Waals surface area contributed by atoms with Gasteiger partial charge in [-0.15, -0.1) is 0 Å². The molecule has 25 heavy (non-hydrogen) atoms. The lowest BCUT2D eigenvalue weighted by Gasteiger charge is -2.43. The molecular weight excluding hydrogens is 392 g/mol. The van der Waals surface area contributed by atoms with Gasteiger partial charge in [-0.25, -0.2) is 14.3 Å². The maximum absolute atomic E-state index is 12.5. The number of pyridine rings is 1. The third-order valence-corrected chi connectivity index (χ3v) is 5.19. The molecule has 0 radical (unpaired) electrons. The highest BCUT2D eigenvalue weighted by Gasteiger charge is 2.59. The largest absolute Gasteiger partial charge is 0.514 e. The lowest BCUT2D eigenvalue weighted by molar-refractivity contribution is -0.906. The fourth-order valence-corrected chi connectivity index (χ4v) is 3.62. The van der Waals surface area contributed by atoms with Gasteiger partial charge in [0.2, 0.25) is 5.78 Å². The second-order valence-corrected chi connectivity index (χ2v) is 7.92. The van der Waals surface area contributed by atoms with Crippen molar-refractivity contribution in [2.45, 2.75) is 45.2 Å². The Morgan fingerprint density at radius 3 is 2.56 bits per heavy atom. The molecule has 0 aliphatic carbocycles. The molecule has 0 bridgehead atoms. The zero-order valence-electron chi connectivity index (χ0n) is 14.5. The van der Waals surface area contributed by atoms with Crippen LogP contribution in [0.2, 0.25) is 0 Å². The van der Waals surface area contributed by atoms with E-state index in [-0.39, 0.29) is 10.3 Å². The highest BCUT2D eigenvalue weighted by atomic mass is 79.9. The summed E-state index contributed by atoms with van der Waals surface area (Å²) in [4.78, 5) is 40.6. The van der Waals surface area contributed by atoms with Crippen molar-refractivity contribution in [1.29, 1.82) is 0 Å². The third kappa shape index (κ3) is 3.74. The predicted molar refractivity (Wildman–Crippen MR) is 93.2 cm³/mol. The van der Waals surface area contributed by atoms with Crippen molar-refractivity contribution in [2.75, 3.05) is 13.2 Å². The fourth-order valence-electron chi connectivity index (χ4n) is 3.38. The van der Waals surface area contributed by atoms with Crippen LogP contribution in [0.4, 0.5) is 4.79 Å². The highest BCUT2D eigenvalue weighted by molar-refractivity contribution is 9.10. The summed E-state index contributed by atoms with van der Waals surface area (Å²) >= 11 is 3.18. The smallest absolute Gasteiger partial charge is 0.453 e. The van der Waals surface area contributed by atoms with E-state index in [1.54, 1.807) is 32.9 Å². The standard InChI is InChI=1S/C17H21BrN2O5/c1-17(2,3)20(16(23)24)8-4-5-12(20)15(22)25-10-13(21)11-6-7-14(18)19-9-11/h6-7,9,12H,4-5,8,10H2,1-3H3/p+1/t12-,20?/m0/s1. The Bertz CT molecular complexity index is 683. The van der Waals surface area contributed by atoms with E-state index in [9.17, 15) is 19.5 Å². The Labute approximate surface area is 154 Å². The molecule has 2 rings (SSSR count). The fraction of sp³-hybridized carbons (Fsp3) is 0.529. The summed E-state index contributed by atoms with van der Waals surface area (Å²) in [6.07, 6.45) is 1.39. The molecule has 0 spiro atoms. The number of hydrogen-bond donors (Lipinski definition) is 1. The molecule has 2 atom stereocenters. The van der Waals surface area contributed by atoms with E-state index in [4.69, 9.17) is 4.74 Å². The Balaban J connectivity index is 2.10. The molecule has 1 aliphatic heterocycles. The van der Waals surface area contributed by atoms with Crippen LogP contribution in [0.3, 0.4) is 0 Å². The minimum atomic E-state index is -1.05. The van der Waals surface area contributed by atoms with Crippen molar-refractivity contribution in [3.8, 4) is 0 Å². The van der Waals surface area contributed by atoms with Crippen LogP contribution in [-0.4, -0.2) is 57.2 Å². The van der Waals surface area contributed by atoms with Gasteiger partial charge >= 0.3 is 12.1 Å². The van der Waals surface area contributed by atoms with Gasteiger partial charge in [-0.3, -0.25) is 4.79 Å². The lowest BCUT2D eigenvalue weighted by Crippen LogP contribution is -2.67. The normalized spacial score (nSPS) is 23.3. The number of nitrogens with zero attached hydrogens (tertiary/aromatic N) is 2. The number of ketones is 1. The summed E-state index contributed by atoms with van der Waals surface area (Å²) in [6, 6.07) is 2.39. The quantitative estimate of drug-likeness (QED) is 0.352. The topological polar surface area (TPSA) is 93.6 Å². The van der Waals surface area contributed by atoms with Crippen LogP contribution < -0.4 is 0 Å². The Morgan fingerprint density at radius 1 is 1.36 bits per heavy atom. The molecular formula is C17H22BrN2O5+. The summed E-state index contributed by atoms with van der Waals surface area (Å²) in [5.74, 6) is -1.02. The number of quaternary nitrogens is 1. The molecule has 1 fully saturated rings. The number of amides is 1. The first-order chi connectivity index (χ1) is 11.6. The summed E-state index contributed by atoms with van der Waals surface area (Å²) in [7, 11) is 0. The first-order valence-electron chi connectivity index (χ1n) is 8.02. The number of esters is 1. The molecule has 1 aliphatic rings. The van der Waals surface area contributed by atoms with E-state index in [1.807, 2.05) is 0 Å². The number of Topliss-reactive ketones (excluding diaryl/α,β-unsaturated/α-hetero) is 1. The van der Waals surface area contributed by atoms with Gasteiger partial charge < -0.3 is 9.84 Å². The van der Waals surface area contributed by atoms with Crippen LogP contribution in [0.5, 0.6) is 0 Å². The Hall–Kier alpha value is -1.80. The second-order valence-electron chi connectivity index (χ2n) is 7.10. The molecule has 2 heterocycles.